The molecule has 0 aromatic rings. The maximum atomic E-state index is 13.7. The van der Waals surface area contributed by atoms with Crippen LogP contribution in [0.1, 0.15) is 89.9 Å². The number of nitrogens with two attached hydrogens (primary N) is 3. The Kier molecular flexibility index (Phi) is 7.92. The van der Waals surface area contributed by atoms with E-state index in [1.807, 2.05) is 0 Å². The van der Waals surface area contributed by atoms with Crippen LogP contribution < -0.4 is 22.5 Å². The van der Waals surface area contributed by atoms with Crippen LogP contribution in [0.3, 0.4) is 0 Å². The van der Waals surface area contributed by atoms with Crippen molar-refractivity contribution < 1.29 is 9.59 Å². The fourth-order valence-electron chi connectivity index (χ4n) is 8.77. The molecular formula is C28H48N6O2. The first-order valence-corrected chi connectivity index (χ1v) is 14.7. The molecule has 8 atom stereocenters. The monoisotopic (exact) mass is 500 g/mol. The lowest BCUT2D eigenvalue weighted by Gasteiger charge is -2.47. The van der Waals surface area contributed by atoms with Gasteiger partial charge in [0.2, 0.25) is 11.8 Å². The number of nitrogens with zero attached hydrogens (tertiary/aromatic N) is 1. The van der Waals surface area contributed by atoms with Crippen LogP contribution in [0.25, 0.3) is 0 Å². The molecule has 202 valence electrons. The molecule has 0 bridgehead atoms. The molecule has 8 heteroatoms. The zero-order valence-corrected chi connectivity index (χ0v) is 21.9. The predicted molar refractivity (Wildman–Crippen MR) is 141 cm³/mol. The normalized spacial score (nSPS) is 43.2. The lowest BCUT2D eigenvalue weighted by atomic mass is 9.62. The average Bonchev–Trinajstić information content (AvgIpc) is 3.23. The number of carbonyl (C=O) groups is 2. The maximum absolute atomic E-state index is 13.7. The van der Waals surface area contributed by atoms with E-state index in [2.05, 4.69) is 10.2 Å². The van der Waals surface area contributed by atoms with Crippen molar-refractivity contribution in [2.45, 2.75) is 114 Å². The number of rotatable bonds is 6. The van der Waals surface area contributed by atoms with Gasteiger partial charge in [-0.2, -0.15) is 0 Å². The van der Waals surface area contributed by atoms with Crippen molar-refractivity contribution >= 4 is 17.6 Å². The Balaban J connectivity index is 1.35. The minimum Gasteiger partial charge on any atom is -0.387 e. The Morgan fingerprint density at radius 2 is 1.58 bits per heavy atom. The third kappa shape index (κ3) is 5.45. The summed E-state index contributed by atoms with van der Waals surface area (Å²) in [6, 6.07) is 0.653. The molecule has 4 aliphatic carbocycles. The third-order valence-corrected chi connectivity index (χ3v) is 10.8. The molecule has 36 heavy (non-hydrogen) atoms. The van der Waals surface area contributed by atoms with E-state index in [4.69, 9.17) is 22.6 Å². The summed E-state index contributed by atoms with van der Waals surface area (Å²) in [4.78, 5) is 28.5. The number of amidine groups is 1. The Morgan fingerprint density at radius 1 is 0.833 bits per heavy atom. The maximum Gasteiger partial charge on any atom is 0.237 e. The van der Waals surface area contributed by atoms with Crippen molar-refractivity contribution in [2.24, 2.45) is 52.7 Å². The number of likely N-dealkylation sites (tertiary alicyclic amines) is 1. The SMILES string of the molecule is N=C(N)C1CCC2CC(C(=O)NC3CCC(N)CC3)N(CC3CC(C(N)=O)CC4CCCCC43)C2C1. The topological polar surface area (TPSA) is 151 Å². The predicted octanol–water partition coefficient (Wildman–Crippen LogP) is 2.49. The molecule has 8 unspecified atom stereocenters. The number of hydrogen-bond acceptors (Lipinski definition) is 5. The molecule has 0 aromatic carbocycles. The van der Waals surface area contributed by atoms with E-state index in [1.165, 1.54) is 25.7 Å². The molecule has 5 fully saturated rings. The lowest BCUT2D eigenvalue weighted by molar-refractivity contribution is -0.129. The van der Waals surface area contributed by atoms with Gasteiger partial charge >= 0.3 is 0 Å². The van der Waals surface area contributed by atoms with Crippen molar-refractivity contribution in [3.8, 4) is 0 Å². The van der Waals surface area contributed by atoms with Crippen LogP contribution in [0.4, 0.5) is 0 Å². The van der Waals surface area contributed by atoms with Gasteiger partial charge in [0.05, 0.1) is 11.9 Å². The molecular weight excluding hydrogens is 452 g/mol. The molecule has 1 heterocycles. The van der Waals surface area contributed by atoms with E-state index >= 15 is 0 Å². The van der Waals surface area contributed by atoms with E-state index in [0.29, 0.717) is 35.5 Å². The first-order chi connectivity index (χ1) is 17.3. The third-order valence-electron chi connectivity index (χ3n) is 10.8. The smallest absolute Gasteiger partial charge is 0.237 e. The molecule has 0 aromatic heterocycles. The fraction of sp³-hybridized carbons (Fsp3) is 0.893. The van der Waals surface area contributed by atoms with Gasteiger partial charge in [-0.15, -0.1) is 0 Å². The van der Waals surface area contributed by atoms with Crippen LogP contribution in [-0.4, -0.2) is 53.3 Å². The summed E-state index contributed by atoms with van der Waals surface area (Å²) in [5.41, 5.74) is 17.9. The summed E-state index contributed by atoms with van der Waals surface area (Å²) >= 11 is 0. The molecule has 5 rings (SSSR count). The van der Waals surface area contributed by atoms with Crippen molar-refractivity contribution in [3.05, 3.63) is 0 Å². The van der Waals surface area contributed by atoms with Crippen LogP contribution >= 0.6 is 0 Å². The number of primary amides is 1. The summed E-state index contributed by atoms with van der Waals surface area (Å²) in [5, 5.41) is 11.5. The van der Waals surface area contributed by atoms with E-state index in [0.717, 1.165) is 70.8 Å². The standard InChI is InChI=1S/C28H48N6O2/c29-21-7-9-22(10-8-21)33-28(36)25-13-17-5-6-18(26(30)31)14-24(17)34(25)15-20-12-19(27(32)35)11-16-3-1-2-4-23(16)20/h16-25H,1-15,29H2,(H3,30,31)(H2,32,35)(H,33,36). The van der Waals surface area contributed by atoms with Gasteiger partial charge in [-0.1, -0.05) is 19.3 Å². The van der Waals surface area contributed by atoms with E-state index in [1.54, 1.807) is 0 Å². The highest BCUT2D eigenvalue weighted by Gasteiger charge is 2.50. The summed E-state index contributed by atoms with van der Waals surface area (Å²) in [7, 11) is 0. The molecule has 8 N–H and O–H groups in total. The first-order valence-electron chi connectivity index (χ1n) is 14.7. The number of nitrogens with one attached hydrogen (secondary N) is 2. The molecule has 1 aliphatic heterocycles. The van der Waals surface area contributed by atoms with E-state index < -0.39 is 0 Å². The minimum atomic E-state index is -0.151. The highest BCUT2D eigenvalue weighted by molar-refractivity contribution is 5.83. The zero-order valence-electron chi connectivity index (χ0n) is 21.9. The molecule has 1 saturated heterocycles. The van der Waals surface area contributed by atoms with Gasteiger partial charge < -0.3 is 22.5 Å². The van der Waals surface area contributed by atoms with Crippen molar-refractivity contribution in [3.63, 3.8) is 0 Å². The Morgan fingerprint density at radius 3 is 2.31 bits per heavy atom. The fourth-order valence-corrected chi connectivity index (χ4v) is 8.77. The second kappa shape index (κ2) is 11.0. The van der Waals surface area contributed by atoms with Gasteiger partial charge in [-0.25, -0.2) is 0 Å². The van der Waals surface area contributed by atoms with Crippen LogP contribution in [0.2, 0.25) is 0 Å². The summed E-state index contributed by atoms with van der Waals surface area (Å²) in [5.74, 6) is 2.49. The van der Waals surface area contributed by atoms with E-state index in [-0.39, 0.29) is 41.8 Å². The van der Waals surface area contributed by atoms with Gasteiger partial charge in [-0.3, -0.25) is 19.9 Å². The Hall–Kier alpha value is -1.67. The minimum absolute atomic E-state index is 0.0391. The van der Waals surface area contributed by atoms with E-state index in [9.17, 15) is 9.59 Å². The van der Waals surface area contributed by atoms with Gasteiger partial charge in [0.15, 0.2) is 0 Å². The molecule has 2 amide bonds. The Labute approximate surface area is 216 Å². The zero-order chi connectivity index (χ0) is 25.4. The molecule has 4 saturated carbocycles. The number of hydrogen-bond donors (Lipinski definition) is 5. The number of fused-ring (bicyclic) bond motifs is 2. The van der Waals surface area contributed by atoms with Gasteiger partial charge in [0, 0.05) is 36.5 Å². The quantitative estimate of drug-likeness (QED) is 0.280. The van der Waals surface area contributed by atoms with Crippen molar-refractivity contribution in [1.29, 1.82) is 5.41 Å². The second-order valence-corrected chi connectivity index (χ2v) is 12.9. The van der Waals surface area contributed by atoms with Crippen LogP contribution in [0.15, 0.2) is 0 Å². The van der Waals surface area contributed by atoms with Crippen LogP contribution in [-0.2, 0) is 9.59 Å². The largest absolute Gasteiger partial charge is 0.387 e. The second-order valence-electron chi connectivity index (χ2n) is 12.9. The highest BCUT2D eigenvalue weighted by Crippen LogP contribution is 2.49. The van der Waals surface area contributed by atoms with Gasteiger partial charge in [-0.05, 0) is 94.3 Å². The van der Waals surface area contributed by atoms with Crippen LogP contribution in [0.5, 0.6) is 0 Å². The van der Waals surface area contributed by atoms with Crippen molar-refractivity contribution in [2.75, 3.05) is 6.54 Å². The van der Waals surface area contributed by atoms with Gasteiger partial charge in [0.1, 0.15) is 0 Å². The highest BCUT2D eigenvalue weighted by atomic mass is 16.2. The summed E-state index contributed by atoms with van der Waals surface area (Å²) in [6.45, 7) is 0.865. The number of amides is 2. The molecule has 0 radical (unpaired) electrons. The van der Waals surface area contributed by atoms with Crippen LogP contribution in [0, 0.1) is 40.9 Å². The summed E-state index contributed by atoms with van der Waals surface area (Å²) < 4.78 is 0. The molecule has 5 aliphatic rings. The van der Waals surface area contributed by atoms with Gasteiger partial charge in [0.25, 0.3) is 0 Å². The molecule has 8 nitrogen and oxygen atoms in total. The summed E-state index contributed by atoms with van der Waals surface area (Å²) in [6.07, 6.45) is 14.4. The molecule has 0 spiro atoms. The first kappa shape index (κ1) is 26.0. The number of carbonyl (C=O) groups excluding carboxylic acids is 2. The lowest BCUT2D eigenvalue weighted by Crippen LogP contribution is -2.53. The average molecular weight is 501 g/mol. The van der Waals surface area contributed by atoms with Crippen molar-refractivity contribution in [1.82, 2.24) is 10.2 Å². The Bertz CT molecular complexity index is 827.